The van der Waals surface area contributed by atoms with Crippen molar-refractivity contribution < 1.29 is 4.42 Å². The van der Waals surface area contributed by atoms with Gasteiger partial charge in [-0.3, -0.25) is 0 Å². The highest BCUT2D eigenvalue weighted by atomic mass is 16.4. The molecule has 2 aromatic rings. The second-order valence-corrected chi connectivity index (χ2v) is 3.67. The minimum Gasteiger partial charge on any atom is -0.406 e. The lowest BCUT2D eigenvalue weighted by Gasteiger charge is -1.99. The summed E-state index contributed by atoms with van der Waals surface area (Å²) in [6.07, 6.45) is 1.09. The Labute approximate surface area is 100 Å². The molecule has 0 saturated heterocycles. The summed E-state index contributed by atoms with van der Waals surface area (Å²) in [7, 11) is 0. The molecule has 2 rings (SSSR count). The summed E-state index contributed by atoms with van der Waals surface area (Å²) >= 11 is 0. The Bertz CT molecular complexity index is 441. The largest absolute Gasteiger partial charge is 0.406 e. The zero-order valence-electron chi connectivity index (χ0n) is 9.81. The van der Waals surface area contributed by atoms with E-state index < -0.39 is 0 Å². The van der Waals surface area contributed by atoms with Gasteiger partial charge in [0, 0.05) is 5.69 Å². The molecule has 0 aliphatic heterocycles. The van der Waals surface area contributed by atoms with Crippen LogP contribution in [0.1, 0.15) is 19.2 Å². The number of nitrogens with one attached hydrogen (secondary N) is 2. The molecule has 1 aromatic carbocycles. The van der Waals surface area contributed by atoms with Crippen molar-refractivity contribution in [3.8, 4) is 0 Å². The highest BCUT2D eigenvalue weighted by Gasteiger charge is 2.04. The highest BCUT2D eigenvalue weighted by Crippen LogP contribution is 2.13. The first-order valence-corrected chi connectivity index (χ1v) is 5.73. The van der Waals surface area contributed by atoms with Crippen molar-refractivity contribution >= 4 is 11.7 Å². The summed E-state index contributed by atoms with van der Waals surface area (Å²) in [6, 6.07) is 10.2. The smallest absolute Gasteiger partial charge is 0.320 e. The van der Waals surface area contributed by atoms with E-state index in [9.17, 15) is 0 Å². The van der Waals surface area contributed by atoms with E-state index in [0.717, 1.165) is 18.7 Å². The first kappa shape index (κ1) is 11.6. The molecule has 5 nitrogen and oxygen atoms in total. The van der Waals surface area contributed by atoms with E-state index in [1.807, 2.05) is 30.3 Å². The van der Waals surface area contributed by atoms with Crippen molar-refractivity contribution in [2.75, 3.05) is 11.9 Å². The van der Waals surface area contributed by atoms with Crippen LogP contribution in [0.4, 0.5) is 11.7 Å². The van der Waals surface area contributed by atoms with Crippen LogP contribution < -0.4 is 10.6 Å². The number of hydrogen-bond donors (Lipinski definition) is 2. The van der Waals surface area contributed by atoms with E-state index in [1.54, 1.807) is 0 Å². The first-order chi connectivity index (χ1) is 8.38. The fraction of sp³-hybridized carbons (Fsp3) is 0.333. The number of rotatable bonds is 6. The summed E-state index contributed by atoms with van der Waals surface area (Å²) in [5, 5.41) is 14.1. The molecule has 0 amide bonds. The SMILES string of the molecule is CCCNCc1nnc(Nc2ccccc2)o1. The van der Waals surface area contributed by atoms with Gasteiger partial charge in [0.2, 0.25) is 5.89 Å². The van der Waals surface area contributed by atoms with Crippen molar-refractivity contribution in [2.45, 2.75) is 19.9 Å². The number of nitrogens with zero attached hydrogens (tertiary/aromatic N) is 2. The third-order valence-corrected chi connectivity index (χ3v) is 2.19. The zero-order chi connectivity index (χ0) is 11.9. The van der Waals surface area contributed by atoms with Gasteiger partial charge >= 0.3 is 6.01 Å². The molecule has 0 bridgehead atoms. The van der Waals surface area contributed by atoms with Crippen molar-refractivity contribution in [3.63, 3.8) is 0 Å². The standard InChI is InChI=1S/C12H16N4O/c1-2-8-13-9-11-15-16-12(17-11)14-10-6-4-3-5-7-10/h3-7,13H,2,8-9H2,1H3,(H,14,16). The Hall–Kier alpha value is -1.88. The summed E-state index contributed by atoms with van der Waals surface area (Å²) < 4.78 is 5.44. The molecular weight excluding hydrogens is 216 g/mol. The van der Waals surface area contributed by atoms with Crippen molar-refractivity contribution in [3.05, 3.63) is 36.2 Å². The molecule has 17 heavy (non-hydrogen) atoms. The second kappa shape index (κ2) is 6.00. The van der Waals surface area contributed by atoms with Gasteiger partial charge in [0.05, 0.1) is 6.54 Å². The summed E-state index contributed by atoms with van der Waals surface area (Å²) in [6.45, 7) is 3.67. The Morgan fingerprint density at radius 1 is 1.18 bits per heavy atom. The minimum atomic E-state index is 0.421. The Kier molecular flexibility index (Phi) is 4.10. The zero-order valence-corrected chi connectivity index (χ0v) is 9.81. The average Bonchev–Trinajstić information content (AvgIpc) is 2.79. The molecule has 0 radical (unpaired) electrons. The lowest BCUT2D eigenvalue weighted by Crippen LogP contribution is -2.13. The Morgan fingerprint density at radius 3 is 2.76 bits per heavy atom. The van der Waals surface area contributed by atoms with Crippen molar-refractivity contribution in [1.29, 1.82) is 0 Å². The van der Waals surface area contributed by atoms with Gasteiger partial charge in [-0.25, -0.2) is 0 Å². The molecule has 1 heterocycles. The van der Waals surface area contributed by atoms with E-state index in [4.69, 9.17) is 4.42 Å². The molecule has 0 fully saturated rings. The maximum atomic E-state index is 5.44. The van der Waals surface area contributed by atoms with E-state index >= 15 is 0 Å². The lowest BCUT2D eigenvalue weighted by molar-refractivity contribution is 0.479. The van der Waals surface area contributed by atoms with Gasteiger partial charge in [0.15, 0.2) is 0 Å². The highest BCUT2D eigenvalue weighted by molar-refractivity contribution is 5.50. The third kappa shape index (κ3) is 3.57. The molecule has 2 N–H and O–H groups in total. The molecule has 0 unspecified atom stereocenters. The Balaban J connectivity index is 1.90. The molecule has 0 saturated carbocycles. The maximum absolute atomic E-state index is 5.44. The molecule has 0 spiro atoms. The number of hydrogen-bond acceptors (Lipinski definition) is 5. The molecule has 0 aliphatic rings. The quantitative estimate of drug-likeness (QED) is 0.748. The average molecular weight is 232 g/mol. The molecule has 0 aliphatic carbocycles. The van der Waals surface area contributed by atoms with E-state index in [2.05, 4.69) is 27.8 Å². The molecule has 0 atom stereocenters. The van der Waals surface area contributed by atoms with Gasteiger partial charge in [0.1, 0.15) is 0 Å². The van der Waals surface area contributed by atoms with Gasteiger partial charge in [-0.15, -0.1) is 5.10 Å². The van der Waals surface area contributed by atoms with Crippen LogP contribution >= 0.6 is 0 Å². The molecule has 1 aromatic heterocycles. The molecule has 90 valence electrons. The van der Waals surface area contributed by atoms with Crippen LogP contribution in [0, 0.1) is 0 Å². The predicted octanol–water partition coefficient (Wildman–Crippen LogP) is 2.31. The second-order valence-electron chi connectivity index (χ2n) is 3.67. The van der Waals surface area contributed by atoms with Crippen LogP contribution in [-0.4, -0.2) is 16.7 Å². The fourth-order valence-electron chi connectivity index (χ4n) is 1.39. The summed E-state index contributed by atoms with van der Waals surface area (Å²) in [5.41, 5.74) is 0.934. The van der Waals surface area contributed by atoms with Crippen LogP contribution in [0.5, 0.6) is 0 Å². The monoisotopic (exact) mass is 232 g/mol. The van der Waals surface area contributed by atoms with Crippen LogP contribution in [0.15, 0.2) is 34.7 Å². The van der Waals surface area contributed by atoms with Gasteiger partial charge in [-0.05, 0) is 25.1 Å². The number of aromatic nitrogens is 2. The number of benzene rings is 1. The van der Waals surface area contributed by atoms with Gasteiger partial charge in [-0.1, -0.05) is 30.2 Å². The summed E-state index contributed by atoms with van der Waals surface area (Å²) in [4.78, 5) is 0. The predicted molar refractivity (Wildman–Crippen MR) is 66.0 cm³/mol. The van der Waals surface area contributed by atoms with Crippen LogP contribution in [0.3, 0.4) is 0 Å². The van der Waals surface area contributed by atoms with Crippen LogP contribution in [0.25, 0.3) is 0 Å². The topological polar surface area (TPSA) is 63.0 Å². The van der Waals surface area contributed by atoms with Gasteiger partial charge in [0.25, 0.3) is 0 Å². The first-order valence-electron chi connectivity index (χ1n) is 5.73. The minimum absolute atomic E-state index is 0.421. The Morgan fingerprint density at radius 2 is 2.00 bits per heavy atom. The van der Waals surface area contributed by atoms with Gasteiger partial charge in [-0.2, -0.15) is 0 Å². The van der Waals surface area contributed by atoms with Gasteiger partial charge < -0.3 is 15.1 Å². The van der Waals surface area contributed by atoms with Crippen LogP contribution in [-0.2, 0) is 6.54 Å². The number of anilines is 2. The third-order valence-electron chi connectivity index (χ3n) is 2.19. The number of para-hydroxylation sites is 1. The molecule has 5 heteroatoms. The lowest BCUT2D eigenvalue weighted by atomic mass is 10.3. The fourth-order valence-corrected chi connectivity index (χ4v) is 1.39. The van der Waals surface area contributed by atoms with Crippen LogP contribution in [0.2, 0.25) is 0 Å². The maximum Gasteiger partial charge on any atom is 0.320 e. The van der Waals surface area contributed by atoms with E-state index in [-0.39, 0.29) is 0 Å². The van der Waals surface area contributed by atoms with Crippen molar-refractivity contribution in [2.24, 2.45) is 0 Å². The molecular formula is C12H16N4O. The normalized spacial score (nSPS) is 10.4. The van der Waals surface area contributed by atoms with E-state index in [0.29, 0.717) is 18.5 Å². The summed E-state index contributed by atoms with van der Waals surface area (Å²) in [5.74, 6) is 0.594. The van der Waals surface area contributed by atoms with E-state index in [1.165, 1.54) is 0 Å². The van der Waals surface area contributed by atoms with Crippen molar-refractivity contribution in [1.82, 2.24) is 15.5 Å².